The molecule has 0 bridgehead atoms. The van der Waals surface area contributed by atoms with Crippen molar-refractivity contribution in [2.45, 2.75) is 23.9 Å². The number of carbonyl (C=O) groups excluding carboxylic acids is 2. The number of nitrogen functional groups attached to an aromatic ring is 1. The Morgan fingerprint density at radius 3 is 2.61 bits per heavy atom. The normalized spacial score (nSPS) is 16.0. The van der Waals surface area contributed by atoms with Gasteiger partial charge in [0, 0.05) is 19.3 Å². The fourth-order valence-electron chi connectivity index (χ4n) is 4.23. The number of likely N-dealkylation sites (tertiary alicyclic amines) is 1. The second-order valence-electron chi connectivity index (χ2n) is 8.42. The van der Waals surface area contributed by atoms with Crippen LogP contribution in [0, 0.1) is 5.41 Å². The highest BCUT2D eigenvalue weighted by molar-refractivity contribution is 7.89. The van der Waals surface area contributed by atoms with Crippen molar-refractivity contribution in [3.63, 3.8) is 0 Å². The molecule has 1 aliphatic rings. The number of sulfonamides is 1. The Bertz CT molecular complexity index is 1460. The Labute approximate surface area is 208 Å². The molecule has 4 rings (SSSR count). The Balaban J connectivity index is 1.63. The number of aromatic nitrogens is 1. The number of hydrogen-bond donors (Lipinski definition) is 3. The molecule has 11 nitrogen and oxygen atoms in total. The van der Waals surface area contributed by atoms with E-state index in [2.05, 4.69) is 4.98 Å². The van der Waals surface area contributed by atoms with Crippen LogP contribution >= 0.6 is 0 Å². The lowest BCUT2D eigenvalue weighted by atomic mass is 10.1. The molecule has 2 amide bonds. The predicted octanol–water partition coefficient (Wildman–Crippen LogP) is 0.805. The zero-order valence-electron chi connectivity index (χ0n) is 19.5. The van der Waals surface area contributed by atoms with Gasteiger partial charge in [-0.3, -0.25) is 20.0 Å². The predicted molar refractivity (Wildman–Crippen MR) is 133 cm³/mol. The number of rotatable bonds is 9. The molecule has 2 aromatic carbocycles. The molecule has 188 valence electrons. The van der Waals surface area contributed by atoms with E-state index in [0.29, 0.717) is 16.7 Å². The molecule has 0 spiro atoms. The fourth-order valence-corrected chi connectivity index (χ4v) is 5.84. The smallest absolute Gasteiger partial charge is 0.244 e. The highest BCUT2D eigenvalue weighted by Gasteiger charge is 2.42. The number of amidine groups is 1. The maximum Gasteiger partial charge on any atom is 0.244 e. The number of ether oxygens (including phenoxy) is 1. The van der Waals surface area contributed by atoms with Crippen molar-refractivity contribution in [3.05, 3.63) is 66.0 Å². The molecule has 0 unspecified atom stereocenters. The summed E-state index contributed by atoms with van der Waals surface area (Å²) >= 11 is 0. The zero-order chi connectivity index (χ0) is 26.0. The van der Waals surface area contributed by atoms with Gasteiger partial charge in [-0.15, -0.1) is 0 Å². The summed E-state index contributed by atoms with van der Waals surface area (Å²) in [6.07, 6.45) is 1.68. The SMILES string of the molecule is COc1ccc2ccc(S(=O)(=O)N(CC(N)=O)[C@H]3CCN(Cc4ccnc(C(=N)N)c4)C3=O)cc2c1. The number of nitrogens with two attached hydrogens (primary N) is 2. The Morgan fingerprint density at radius 1 is 1.17 bits per heavy atom. The first-order valence-electron chi connectivity index (χ1n) is 11.1. The molecule has 1 aliphatic heterocycles. The lowest BCUT2D eigenvalue weighted by Crippen LogP contribution is -2.48. The van der Waals surface area contributed by atoms with E-state index in [0.717, 1.165) is 9.69 Å². The van der Waals surface area contributed by atoms with E-state index in [1.54, 1.807) is 36.4 Å². The van der Waals surface area contributed by atoms with Gasteiger partial charge >= 0.3 is 0 Å². The van der Waals surface area contributed by atoms with Gasteiger partial charge < -0.3 is 21.1 Å². The van der Waals surface area contributed by atoms with E-state index in [1.807, 2.05) is 0 Å². The number of fused-ring (bicyclic) bond motifs is 1. The van der Waals surface area contributed by atoms with Gasteiger partial charge in [0.05, 0.1) is 18.6 Å². The number of primary amides is 1. The number of nitrogens with zero attached hydrogens (tertiary/aromatic N) is 3. The number of amides is 2. The van der Waals surface area contributed by atoms with Crippen molar-refractivity contribution in [2.75, 3.05) is 20.2 Å². The van der Waals surface area contributed by atoms with Gasteiger partial charge in [0.25, 0.3) is 0 Å². The Morgan fingerprint density at radius 2 is 1.92 bits per heavy atom. The number of carbonyl (C=O) groups is 2. The first-order valence-corrected chi connectivity index (χ1v) is 12.5. The van der Waals surface area contributed by atoms with Crippen molar-refractivity contribution >= 4 is 38.4 Å². The molecule has 0 aliphatic carbocycles. The highest BCUT2D eigenvalue weighted by Crippen LogP contribution is 2.29. The minimum atomic E-state index is -4.25. The molecule has 0 saturated carbocycles. The summed E-state index contributed by atoms with van der Waals surface area (Å²) in [7, 11) is -2.73. The molecule has 12 heteroatoms. The quantitative estimate of drug-likeness (QED) is 0.282. The van der Waals surface area contributed by atoms with Gasteiger partial charge in [-0.1, -0.05) is 12.1 Å². The fraction of sp³-hybridized carbons (Fsp3) is 0.250. The Hall–Kier alpha value is -4.03. The molecule has 0 radical (unpaired) electrons. The molecule has 2 heterocycles. The van der Waals surface area contributed by atoms with E-state index < -0.39 is 34.4 Å². The summed E-state index contributed by atoms with van der Waals surface area (Å²) in [6, 6.07) is 12.1. The lowest BCUT2D eigenvalue weighted by Gasteiger charge is -2.26. The zero-order valence-corrected chi connectivity index (χ0v) is 20.4. The van der Waals surface area contributed by atoms with Gasteiger partial charge in [0.15, 0.2) is 0 Å². The average molecular weight is 511 g/mol. The molecule has 1 saturated heterocycles. The van der Waals surface area contributed by atoms with E-state index >= 15 is 0 Å². The van der Waals surface area contributed by atoms with Crippen LogP contribution in [-0.2, 0) is 26.2 Å². The number of methoxy groups -OCH3 is 1. The second kappa shape index (κ2) is 9.91. The topological polar surface area (TPSA) is 173 Å². The number of pyridine rings is 1. The summed E-state index contributed by atoms with van der Waals surface area (Å²) in [4.78, 5) is 30.6. The molecular formula is C24H26N6O5S. The third kappa shape index (κ3) is 4.99. The van der Waals surface area contributed by atoms with Crippen LogP contribution < -0.4 is 16.2 Å². The minimum absolute atomic E-state index is 0.0593. The highest BCUT2D eigenvalue weighted by atomic mass is 32.2. The first kappa shape index (κ1) is 25.1. The van der Waals surface area contributed by atoms with Crippen LogP contribution in [0.5, 0.6) is 5.75 Å². The first-order chi connectivity index (χ1) is 17.1. The van der Waals surface area contributed by atoms with Crippen molar-refractivity contribution in [2.24, 2.45) is 11.5 Å². The summed E-state index contributed by atoms with van der Waals surface area (Å²) in [5.41, 5.74) is 11.9. The summed E-state index contributed by atoms with van der Waals surface area (Å²) in [5, 5.41) is 8.98. The van der Waals surface area contributed by atoms with Gasteiger partial charge in [0.2, 0.25) is 21.8 Å². The maximum atomic E-state index is 13.7. The van der Waals surface area contributed by atoms with Crippen LogP contribution in [-0.4, -0.2) is 66.5 Å². The number of nitrogens with one attached hydrogen (secondary N) is 1. The monoisotopic (exact) mass is 510 g/mol. The standard InChI is InChI=1S/C24H26N6O5S/c1-35-18-4-2-16-3-5-19(12-17(16)11-18)36(33,34)30(14-22(25)31)21-7-9-29(24(21)32)13-15-6-8-28-20(10-15)23(26)27/h2-6,8,10-12,21H,7,9,13-14H2,1H3,(H2,25,31)(H3,26,27)/t21-/m0/s1. The van der Waals surface area contributed by atoms with Crippen LogP contribution in [0.1, 0.15) is 17.7 Å². The molecule has 1 fully saturated rings. The van der Waals surface area contributed by atoms with Crippen LogP contribution in [0.3, 0.4) is 0 Å². The Kier molecular flexibility index (Phi) is 6.91. The number of hydrogen-bond acceptors (Lipinski definition) is 7. The molecule has 5 N–H and O–H groups in total. The molecule has 1 atom stereocenters. The molecule has 36 heavy (non-hydrogen) atoms. The van der Waals surface area contributed by atoms with Gasteiger partial charge in [-0.25, -0.2) is 8.42 Å². The van der Waals surface area contributed by atoms with E-state index in [4.69, 9.17) is 21.6 Å². The largest absolute Gasteiger partial charge is 0.497 e. The van der Waals surface area contributed by atoms with E-state index in [-0.39, 0.29) is 35.9 Å². The summed E-state index contributed by atoms with van der Waals surface area (Å²) < 4.78 is 33.4. The van der Waals surface area contributed by atoms with Crippen LogP contribution in [0.2, 0.25) is 0 Å². The maximum absolute atomic E-state index is 13.7. The van der Waals surface area contributed by atoms with Crippen LogP contribution in [0.15, 0.2) is 59.6 Å². The van der Waals surface area contributed by atoms with Gasteiger partial charge in [-0.05, 0) is 59.2 Å². The number of benzene rings is 2. The average Bonchev–Trinajstić information content (AvgIpc) is 3.21. The summed E-state index contributed by atoms with van der Waals surface area (Å²) in [6.45, 7) is -0.175. The molecular weight excluding hydrogens is 484 g/mol. The minimum Gasteiger partial charge on any atom is -0.497 e. The summed E-state index contributed by atoms with van der Waals surface area (Å²) in [5.74, 6) is -0.943. The van der Waals surface area contributed by atoms with Crippen LogP contribution in [0.4, 0.5) is 0 Å². The lowest BCUT2D eigenvalue weighted by molar-refractivity contribution is -0.131. The third-order valence-electron chi connectivity index (χ3n) is 6.03. The van der Waals surface area contributed by atoms with Crippen molar-refractivity contribution in [3.8, 4) is 5.75 Å². The van der Waals surface area contributed by atoms with Crippen molar-refractivity contribution in [1.29, 1.82) is 5.41 Å². The van der Waals surface area contributed by atoms with E-state index in [1.165, 1.54) is 30.3 Å². The second-order valence-corrected chi connectivity index (χ2v) is 10.3. The molecule has 3 aromatic rings. The van der Waals surface area contributed by atoms with Gasteiger partial charge in [-0.2, -0.15) is 4.31 Å². The molecule has 1 aromatic heterocycles. The van der Waals surface area contributed by atoms with Crippen LogP contribution in [0.25, 0.3) is 10.8 Å². The van der Waals surface area contributed by atoms with Crippen molar-refractivity contribution < 1.29 is 22.7 Å². The van der Waals surface area contributed by atoms with E-state index in [9.17, 15) is 18.0 Å². The third-order valence-corrected chi connectivity index (χ3v) is 7.88. The van der Waals surface area contributed by atoms with Crippen molar-refractivity contribution in [1.82, 2.24) is 14.2 Å². The van der Waals surface area contributed by atoms with Gasteiger partial charge in [0.1, 0.15) is 23.3 Å².